The van der Waals surface area contributed by atoms with Crippen LogP contribution in [0.25, 0.3) is 0 Å². The van der Waals surface area contributed by atoms with Crippen molar-refractivity contribution in [2.75, 3.05) is 6.54 Å². The van der Waals surface area contributed by atoms with Gasteiger partial charge >= 0.3 is 0 Å². The van der Waals surface area contributed by atoms with E-state index < -0.39 is 0 Å². The Morgan fingerprint density at radius 1 is 1.40 bits per heavy atom. The minimum Gasteiger partial charge on any atom is -0.320 e. The predicted octanol–water partition coefficient (Wildman–Crippen LogP) is -0.213. The van der Waals surface area contributed by atoms with E-state index in [9.17, 15) is 0 Å². The summed E-state index contributed by atoms with van der Waals surface area (Å²) in [5.41, 5.74) is 5.15. The highest BCUT2D eigenvalue weighted by Gasteiger charge is 1.81. The molecule has 0 spiro atoms. The van der Waals surface area contributed by atoms with Crippen LogP contribution >= 0.6 is 0 Å². The van der Waals surface area contributed by atoms with Gasteiger partial charge in [0.05, 0.1) is 6.54 Å². The largest absolute Gasteiger partial charge is 0.320 e. The zero-order chi connectivity index (χ0) is 7.23. The molecule has 10 heavy (non-hydrogen) atoms. The number of hydrogen-bond acceptors (Lipinski definition) is 3. The average molecular weight is 133 g/mol. The van der Waals surface area contributed by atoms with E-state index in [4.69, 9.17) is 5.73 Å². The summed E-state index contributed by atoms with van der Waals surface area (Å²) in [6.07, 6.45) is 3.29. The highest BCUT2D eigenvalue weighted by molar-refractivity contribution is 5.19. The van der Waals surface area contributed by atoms with Gasteiger partial charge in [-0.2, -0.15) is 0 Å². The molecule has 0 radical (unpaired) electrons. The standard InChI is InChI=1S/C7H7N3/c8-4-1-3-7-9-5-2-6-10-7/h2,5-6H,4,8H2. The molecule has 1 heterocycles. The van der Waals surface area contributed by atoms with Gasteiger partial charge in [0, 0.05) is 12.4 Å². The molecule has 0 saturated heterocycles. The molecular weight excluding hydrogens is 126 g/mol. The second kappa shape index (κ2) is 3.59. The van der Waals surface area contributed by atoms with Crippen molar-refractivity contribution in [2.24, 2.45) is 5.73 Å². The van der Waals surface area contributed by atoms with Gasteiger partial charge in [0.1, 0.15) is 0 Å². The van der Waals surface area contributed by atoms with Gasteiger partial charge < -0.3 is 5.73 Å². The Morgan fingerprint density at radius 3 is 2.70 bits per heavy atom. The van der Waals surface area contributed by atoms with Gasteiger partial charge in [-0.1, -0.05) is 5.92 Å². The Bertz CT molecular complexity index is 245. The molecule has 3 heteroatoms. The lowest BCUT2D eigenvalue weighted by atomic mass is 10.5. The number of nitrogens with zero attached hydrogens (tertiary/aromatic N) is 2. The SMILES string of the molecule is NCC#Cc1ncccn1. The van der Waals surface area contributed by atoms with Gasteiger partial charge in [-0.25, -0.2) is 9.97 Å². The summed E-state index contributed by atoms with van der Waals surface area (Å²) >= 11 is 0. The van der Waals surface area contributed by atoms with Crippen LogP contribution in [0.2, 0.25) is 0 Å². The van der Waals surface area contributed by atoms with Crippen molar-refractivity contribution >= 4 is 0 Å². The van der Waals surface area contributed by atoms with Crippen molar-refractivity contribution in [1.82, 2.24) is 9.97 Å². The van der Waals surface area contributed by atoms with Crippen molar-refractivity contribution in [3.8, 4) is 11.8 Å². The average Bonchev–Trinajstić information content (AvgIpc) is 2.03. The molecule has 1 aromatic heterocycles. The molecule has 0 aliphatic heterocycles. The lowest BCUT2D eigenvalue weighted by Crippen LogP contribution is -1.94. The molecule has 0 fully saturated rings. The van der Waals surface area contributed by atoms with Crippen molar-refractivity contribution in [1.29, 1.82) is 0 Å². The van der Waals surface area contributed by atoms with Crippen LogP contribution < -0.4 is 5.73 Å². The molecule has 0 aliphatic rings. The molecule has 1 aromatic rings. The second-order valence-corrected chi connectivity index (χ2v) is 1.58. The third-order valence-electron chi connectivity index (χ3n) is 0.868. The summed E-state index contributed by atoms with van der Waals surface area (Å²) in [5, 5.41) is 0. The third kappa shape index (κ3) is 1.84. The molecule has 0 bridgehead atoms. The maximum atomic E-state index is 5.15. The maximum absolute atomic E-state index is 5.15. The zero-order valence-corrected chi connectivity index (χ0v) is 5.41. The first-order valence-corrected chi connectivity index (χ1v) is 2.89. The minimum atomic E-state index is 0.345. The number of nitrogens with two attached hydrogens (primary N) is 1. The zero-order valence-electron chi connectivity index (χ0n) is 5.41. The maximum Gasteiger partial charge on any atom is 0.204 e. The molecule has 3 nitrogen and oxygen atoms in total. The highest BCUT2D eigenvalue weighted by atomic mass is 14.8. The highest BCUT2D eigenvalue weighted by Crippen LogP contribution is 1.81. The van der Waals surface area contributed by atoms with Crippen LogP contribution in [0.15, 0.2) is 18.5 Å². The first kappa shape index (κ1) is 6.72. The number of aromatic nitrogens is 2. The van der Waals surface area contributed by atoms with Crippen LogP contribution in [-0.2, 0) is 0 Å². The van der Waals surface area contributed by atoms with Gasteiger partial charge in [0.25, 0.3) is 0 Å². The molecule has 0 atom stereocenters. The lowest BCUT2D eigenvalue weighted by molar-refractivity contribution is 1.12. The summed E-state index contributed by atoms with van der Waals surface area (Å²) in [6.45, 7) is 0.345. The van der Waals surface area contributed by atoms with Crippen molar-refractivity contribution in [3.05, 3.63) is 24.3 Å². The molecule has 0 unspecified atom stereocenters. The van der Waals surface area contributed by atoms with E-state index in [0.29, 0.717) is 12.4 Å². The van der Waals surface area contributed by atoms with Crippen molar-refractivity contribution in [3.63, 3.8) is 0 Å². The summed E-state index contributed by atoms with van der Waals surface area (Å²) in [7, 11) is 0. The minimum absolute atomic E-state index is 0.345. The Labute approximate surface area is 59.3 Å². The molecule has 0 amide bonds. The fourth-order valence-electron chi connectivity index (χ4n) is 0.494. The second-order valence-electron chi connectivity index (χ2n) is 1.58. The molecule has 0 saturated carbocycles. The monoisotopic (exact) mass is 133 g/mol. The Hall–Kier alpha value is -1.40. The van der Waals surface area contributed by atoms with Crippen LogP contribution in [0.5, 0.6) is 0 Å². The van der Waals surface area contributed by atoms with E-state index in [1.807, 2.05) is 0 Å². The van der Waals surface area contributed by atoms with E-state index in [1.54, 1.807) is 18.5 Å². The molecule has 0 aromatic carbocycles. The third-order valence-corrected chi connectivity index (χ3v) is 0.868. The topological polar surface area (TPSA) is 51.8 Å². The fraction of sp³-hybridized carbons (Fsp3) is 0.143. The van der Waals surface area contributed by atoms with E-state index in [0.717, 1.165) is 0 Å². The van der Waals surface area contributed by atoms with Gasteiger partial charge in [-0.05, 0) is 12.0 Å². The smallest absolute Gasteiger partial charge is 0.204 e. The van der Waals surface area contributed by atoms with Crippen LogP contribution in [0.4, 0.5) is 0 Å². The Balaban J connectivity index is 2.76. The molecular formula is C7H7N3. The number of rotatable bonds is 0. The van der Waals surface area contributed by atoms with Gasteiger partial charge in [-0.15, -0.1) is 0 Å². The number of hydrogen-bond donors (Lipinski definition) is 1. The Morgan fingerprint density at radius 2 is 2.10 bits per heavy atom. The first-order valence-electron chi connectivity index (χ1n) is 2.89. The van der Waals surface area contributed by atoms with Crippen LogP contribution in [0, 0.1) is 11.8 Å². The molecule has 2 N–H and O–H groups in total. The molecule has 50 valence electrons. The van der Waals surface area contributed by atoms with E-state index in [2.05, 4.69) is 21.8 Å². The molecule has 1 rings (SSSR count). The fourth-order valence-corrected chi connectivity index (χ4v) is 0.494. The Kier molecular flexibility index (Phi) is 2.41. The van der Waals surface area contributed by atoms with E-state index in [1.165, 1.54) is 0 Å². The summed E-state index contributed by atoms with van der Waals surface area (Å²) in [5.74, 6) is 5.89. The van der Waals surface area contributed by atoms with Crippen molar-refractivity contribution in [2.45, 2.75) is 0 Å². The van der Waals surface area contributed by atoms with Gasteiger partial charge in [0.15, 0.2) is 0 Å². The quantitative estimate of drug-likeness (QED) is 0.498. The van der Waals surface area contributed by atoms with Crippen LogP contribution in [0.3, 0.4) is 0 Å². The van der Waals surface area contributed by atoms with Crippen LogP contribution in [0.1, 0.15) is 5.82 Å². The normalized spacial score (nSPS) is 8.10. The van der Waals surface area contributed by atoms with Gasteiger partial charge in [0.2, 0.25) is 5.82 Å². The summed E-state index contributed by atoms with van der Waals surface area (Å²) in [6, 6.07) is 1.74. The van der Waals surface area contributed by atoms with E-state index in [-0.39, 0.29) is 0 Å². The first-order chi connectivity index (χ1) is 4.93. The summed E-state index contributed by atoms with van der Waals surface area (Å²) in [4.78, 5) is 7.75. The van der Waals surface area contributed by atoms with Gasteiger partial charge in [-0.3, -0.25) is 0 Å². The lowest BCUT2D eigenvalue weighted by Gasteiger charge is -1.82. The predicted molar refractivity (Wildman–Crippen MR) is 38.0 cm³/mol. The van der Waals surface area contributed by atoms with Crippen molar-refractivity contribution < 1.29 is 0 Å². The summed E-state index contributed by atoms with van der Waals surface area (Å²) < 4.78 is 0. The molecule has 0 aliphatic carbocycles. The van der Waals surface area contributed by atoms with E-state index >= 15 is 0 Å². The van der Waals surface area contributed by atoms with Crippen LogP contribution in [-0.4, -0.2) is 16.5 Å².